The highest BCUT2D eigenvalue weighted by molar-refractivity contribution is 5.93. The molecular weight excluding hydrogens is 262 g/mol. The zero-order chi connectivity index (χ0) is 14.4. The second-order valence-electron chi connectivity index (χ2n) is 4.05. The van der Waals surface area contributed by atoms with E-state index >= 15 is 0 Å². The van der Waals surface area contributed by atoms with Gasteiger partial charge in [0.1, 0.15) is 0 Å². The largest absolute Gasteiger partial charge is 0.325 e. The van der Waals surface area contributed by atoms with Gasteiger partial charge in [0, 0.05) is 5.69 Å². The third-order valence-corrected chi connectivity index (χ3v) is 2.58. The Labute approximate surface area is 115 Å². The Morgan fingerprint density at radius 3 is 2.45 bits per heavy atom. The second-order valence-corrected chi connectivity index (χ2v) is 4.05. The van der Waals surface area contributed by atoms with Crippen LogP contribution in [0.25, 0.3) is 0 Å². The number of aliphatic imine (C=N–C) groups is 1. The summed E-state index contributed by atoms with van der Waals surface area (Å²) in [4.78, 5) is 4.16. The van der Waals surface area contributed by atoms with Crippen molar-refractivity contribution in [3.8, 4) is 0 Å². The number of para-hydroxylation sites is 1. The van der Waals surface area contributed by atoms with Crippen LogP contribution in [0.3, 0.4) is 0 Å². The molecule has 0 amide bonds. The highest BCUT2D eigenvalue weighted by Crippen LogP contribution is 2.10. The molecule has 0 saturated carbocycles. The van der Waals surface area contributed by atoms with E-state index in [4.69, 9.17) is 5.84 Å². The van der Waals surface area contributed by atoms with Gasteiger partial charge in [-0.1, -0.05) is 24.3 Å². The number of nitrogens with one attached hydrogen (secondary N) is 2. The summed E-state index contributed by atoms with van der Waals surface area (Å²) in [7, 11) is 0. The lowest BCUT2D eigenvalue weighted by Crippen LogP contribution is -2.36. The van der Waals surface area contributed by atoms with Gasteiger partial charge in [0.2, 0.25) is 5.96 Å². The van der Waals surface area contributed by atoms with Crippen molar-refractivity contribution in [3.63, 3.8) is 0 Å². The van der Waals surface area contributed by atoms with Crippen LogP contribution in [0, 0.1) is 11.6 Å². The Morgan fingerprint density at radius 1 is 1.05 bits per heavy atom. The first-order valence-electron chi connectivity index (χ1n) is 5.96. The van der Waals surface area contributed by atoms with Crippen molar-refractivity contribution in [1.29, 1.82) is 0 Å². The van der Waals surface area contributed by atoms with Crippen molar-refractivity contribution >= 4 is 11.6 Å². The fourth-order valence-electron chi connectivity index (χ4n) is 1.59. The molecule has 0 fully saturated rings. The molecule has 0 bridgehead atoms. The minimum Gasteiger partial charge on any atom is -0.325 e. The lowest BCUT2D eigenvalue weighted by Gasteiger charge is -2.09. The quantitative estimate of drug-likeness (QED) is 0.349. The molecule has 0 aromatic heterocycles. The Bertz CT molecular complexity index is 599. The van der Waals surface area contributed by atoms with E-state index in [-0.39, 0.29) is 6.54 Å². The maximum absolute atomic E-state index is 13.1. The molecule has 0 aliphatic heterocycles. The highest BCUT2D eigenvalue weighted by atomic mass is 19.2. The number of halogens is 2. The van der Waals surface area contributed by atoms with Crippen molar-refractivity contribution in [3.05, 3.63) is 65.7 Å². The SMILES string of the molecule is NNC(=NCc1ccc(F)c(F)c1)Nc1ccccc1. The summed E-state index contributed by atoms with van der Waals surface area (Å²) in [5.41, 5.74) is 3.78. The van der Waals surface area contributed by atoms with E-state index in [9.17, 15) is 8.78 Å². The van der Waals surface area contributed by atoms with Crippen LogP contribution < -0.4 is 16.6 Å². The van der Waals surface area contributed by atoms with Gasteiger partial charge in [-0.3, -0.25) is 5.43 Å². The van der Waals surface area contributed by atoms with Gasteiger partial charge in [0.15, 0.2) is 11.6 Å². The molecule has 4 N–H and O–H groups in total. The van der Waals surface area contributed by atoms with E-state index in [0.717, 1.165) is 17.8 Å². The van der Waals surface area contributed by atoms with Gasteiger partial charge in [-0.05, 0) is 29.8 Å². The summed E-state index contributed by atoms with van der Waals surface area (Å²) in [5, 5.41) is 2.97. The minimum atomic E-state index is -0.893. The van der Waals surface area contributed by atoms with E-state index in [2.05, 4.69) is 15.7 Å². The monoisotopic (exact) mass is 276 g/mol. The third-order valence-electron chi connectivity index (χ3n) is 2.58. The molecule has 0 heterocycles. The molecule has 2 rings (SSSR count). The van der Waals surface area contributed by atoms with Gasteiger partial charge < -0.3 is 5.32 Å². The van der Waals surface area contributed by atoms with E-state index in [1.807, 2.05) is 30.3 Å². The lowest BCUT2D eigenvalue weighted by molar-refractivity contribution is 0.507. The Morgan fingerprint density at radius 2 is 1.80 bits per heavy atom. The molecule has 0 spiro atoms. The van der Waals surface area contributed by atoms with E-state index < -0.39 is 11.6 Å². The number of nitrogens with two attached hydrogens (primary N) is 1. The average molecular weight is 276 g/mol. The predicted octanol–water partition coefficient (Wildman–Crippen LogP) is 2.40. The van der Waals surface area contributed by atoms with Crippen LogP contribution in [0.5, 0.6) is 0 Å². The molecule has 0 aliphatic carbocycles. The maximum Gasteiger partial charge on any atom is 0.210 e. The average Bonchev–Trinajstić information content (AvgIpc) is 2.48. The molecule has 20 heavy (non-hydrogen) atoms. The van der Waals surface area contributed by atoms with Crippen molar-refractivity contribution in [1.82, 2.24) is 5.43 Å². The molecule has 2 aromatic rings. The lowest BCUT2D eigenvalue weighted by atomic mass is 10.2. The number of rotatable bonds is 3. The number of hydrogen-bond donors (Lipinski definition) is 3. The second kappa shape index (κ2) is 6.63. The van der Waals surface area contributed by atoms with Crippen molar-refractivity contribution < 1.29 is 8.78 Å². The summed E-state index contributed by atoms with van der Waals surface area (Å²) in [5.74, 6) is 3.93. The summed E-state index contributed by atoms with van der Waals surface area (Å²) in [6, 6.07) is 13.0. The highest BCUT2D eigenvalue weighted by Gasteiger charge is 2.03. The summed E-state index contributed by atoms with van der Waals surface area (Å²) >= 11 is 0. The number of hydrogen-bond acceptors (Lipinski definition) is 2. The number of nitrogens with zero attached hydrogens (tertiary/aromatic N) is 1. The number of hydrazine groups is 1. The van der Waals surface area contributed by atoms with E-state index in [1.165, 1.54) is 6.07 Å². The fourth-order valence-corrected chi connectivity index (χ4v) is 1.59. The smallest absolute Gasteiger partial charge is 0.210 e. The van der Waals surface area contributed by atoms with Gasteiger partial charge >= 0.3 is 0 Å². The van der Waals surface area contributed by atoms with Crippen LogP contribution in [0.4, 0.5) is 14.5 Å². The van der Waals surface area contributed by atoms with Crippen LogP contribution in [0.15, 0.2) is 53.5 Å². The Kier molecular flexibility index (Phi) is 4.62. The number of benzene rings is 2. The van der Waals surface area contributed by atoms with Crippen LogP contribution in [-0.2, 0) is 6.54 Å². The van der Waals surface area contributed by atoms with Crippen LogP contribution >= 0.6 is 0 Å². The topological polar surface area (TPSA) is 62.4 Å². The molecule has 6 heteroatoms. The van der Waals surface area contributed by atoms with E-state index in [1.54, 1.807) is 0 Å². The molecule has 104 valence electrons. The number of guanidine groups is 1. The van der Waals surface area contributed by atoms with Crippen molar-refractivity contribution in [2.45, 2.75) is 6.54 Å². The van der Waals surface area contributed by atoms with Crippen molar-refractivity contribution in [2.75, 3.05) is 5.32 Å². The fraction of sp³-hybridized carbons (Fsp3) is 0.0714. The zero-order valence-corrected chi connectivity index (χ0v) is 10.6. The first-order valence-corrected chi connectivity index (χ1v) is 5.96. The third kappa shape index (κ3) is 3.76. The molecule has 0 aliphatic rings. The van der Waals surface area contributed by atoms with Crippen LogP contribution in [-0.4, -0.2) is 5.96 Å². The summed E-state index contributed by atoms with van der Waals surface area (Å²) < 4.78 is 25.8. The summed E-state index contributed by atoms with van der Waals surface area (Å²) in [6.45, 7) is 0.177. The molecule has 0 saturated heterocycles. The summed E-state index contributed by atoms with van der Waals surface area (Å²) in [6.07, 6.45) is 0. The molecule has 0 unspecified atom stereocenters. The molecule has 0 radical (unpaired) electrons. The molecule has 0 atom stereocenters. The van der Waals surface area contributed by atoms with Gasteiger partial charge in [-0.15, -0.1) is 0 Å². The van der Waals surface area contributed by atoms with Gasteiger partial charge in [0.25, 0.3) is 0 Å². The maximum atomic E-state index is 13.1. The van der Waals surface area contributed by atoms with Gasteiger partial charge in [-0.2, -0.15) is 0 Å². The normalized spacial score (nSPS) is 11.2. The van der Waals surface area contributed by atoms with Gasteiger partial charge in [0.05, 0.1) is 6.54 Å². The van der Waals surface area contributed by atoms with Gasteiger partial charge in [-0.25, -0.2) is 19.6 Å². The number of anilines is 1. The standard InChI is InChI=1S/C14H14F2N4/c15-12-7-6-10(8-13(12)16)9-18-14(20-17)19-11-4-2-1-3-5-11/h1-8H,9,17H2,(H2,18,19,20). The van der Waals surface area contributed by atoms with E-state index in [0.29, 0.717) is 11.5 Å². The van der Waals surface area contributed by atoms with Crippen molar-refractivity contribution in [2.24, 2.45) is 10.8 Å². The Hall–Kier alpha value is -2.47. The molecule has 2 aromatic carbocycles. The zero-order valence-electron chi connectivity index (χ0n) is 10.6. The van der Waals surface area contributed by atoms with Crippen LogP contribution in [0.1, 0.15) is 5.56 Å². The van der Waals surface area contributed by atoms with Crippen LogP contribution in [0.2, 0.25) is 0 Å². The first-order chi connectivity index (χ1) is 9.69. The Balaban J connectivity index is 2.05. The first kappa shape index (κ1) is 14.0. The minimum absolute atomic E-state index is 0.177. The molecular formula is C14H14F2N4. The predicted molar refractivity (Wildman–Crippen MR) is 74.9 cm³/mol. The molecule has 4 nitrogen and oxygen atoms in total.